The van der Waals surface area contributed by atoms with E-state index in [1.807, 2.05) is 0 Å². The number of carboxylic acids is 1. The van der Waals surface area contributed by atoms with Crippen molar-refractivity contribution in [2.45, 2.75) is 47.0 Å². The van der Waals surface area contributed by atoms with Crippen LogP contribution in [0.25, 0.3) is 0 Å². The zero-order valence-corrected chi connectivity index (χ0v) is 12.1. The number of esters is 1. The number of likely N-dealkylation sites (N-methyl/N-ethyl adjacent to an activating group) is 1. The average Bonchev–Trinajstić information content (AvgIpc) is 2.26. The molecule has 0 radical (unpaired) electrons. The number of carbonyl (C=O) groups excluding carboxylic acids is 1. The molecule has 2 atom stereocenters. The predicted molar refractivity (Wildman–Crippen MR) is 65.8 cm³/mol. The summed E-state index contributed by atoms with van der Waals surface area (Å²) in [5, 5.41) is 16.7. The molecule has 0 spiro atoms. The molecule has 0 aliphatic carbocycles. The lowest BCUT2D eigenvalue weighted by molar-refractivity contribution is -0.186. The van der Waals surface area contributed by atoms with E-state index in [1.165, 1.54) is 20.9 Å². The first kappa shape index (κ1) is 17.1. The summed E-state index contributed by atoms with van der Waals surface area (Å²) in [6.45, 7) is 8.08. The SMILES string of the molecule is CC(O/N=N\N(C)[C@@H](C)C(=O)O)OC(=O)C(C)(C)C. The van der Waals surface area contributed by atoms with E-state index in [4.69, 9.17) is 14.7 Å². The molecule has 0 fully saturated rings. The molecule has 0 saturated heterocycles. The van der Waals surface area contributed by atoms with Crippen molar-refractivity contribution in [3.05, 3.63) is 0 Å². The Morgan fingerprint density at radius 2 is 1.79 bits per heavy atom. The lowest BCUT2D eigenvalue weighted by Crippen LogP contribution is -2.31. The van der Waals surface area contributed by atoms with E-state index < -0.39 is 29.7 Å². The first-order valence-electron chi connectivity index (χ1n) is 5.79. The van der Waals surface area contributed by atoms with Gasteiger partial charge in [0.15, 0.2) is 0 Å². The van der Waals surface area contributed by atoms with E-state index >= 15 is 0 Å². The van der Waals surface area contributed by atoms with Gasteiger partial charge < -0.3 is 14.7 Å². The van der Waals surface area contributed by atoms with E-state index in [-0.39, 0.29) is 0 Å². The van der Waals surface area contributed by atoms with Gasteiger partial charge in [-0.25, -0.2) is 4.79 Å². The maximum Gasteiger partial charge on any atom is 0.327 e. The van der Waals surface area contributed by atoms with E-state index in [9.17, 15) is 9.59 Å². The second-order valence-electron chi connectivity index (χ2n) is 5.09. The van der Waals surface area contributed by atoms with Crippen molar-refractivity contribution in [3.63, 3.8) is 0 Å². The standard InChI is InChI=1S/C11H21N3O5/c1-7(9(15)16)14(6)12-13-19-8(2)18-10(17)11(3,4)5/h7-8H,1-6H3,(H,15,16)/b13-12-/t7-,8?/m0/s1. The van der Waals surface area contributed by atoms with Gasteiger partial charge in [0, 0.05) is 19.2 Å². The number of rotatable bonds is 6. The van der Waals surface area contributed by atoms with Crippen LogP contribution in [0.15, 0.2) is 10.5 Å². The van der Waals surface area contributed by atoms with Crippen LogP contribution < -0.4 is 0 Å². The maximum absolute atomic E-state index is 11.5. The summed E-state index contributed by atoms with van der Waals surface area (Å²) < 4.78 is 4.95. The quantitative estimate of drug-likeness (QED) is 0.342. The summed E-state index contributed by atoms with van der Waals surface area (Å²) in [7, 11) is 1.44. The van der Waals surface area contributed by atoms with Gasteiger partial charge in [0.05, 0.1) is 5.41 Å². The molecule has 8 nitrogen and oxygen atoms in total. The van der Waals surface area contributed by atoms with E-state index in [1.54, 1.807) is 20.8 Å². The largest absolute Gasteiger partial charge is 0.480 e. The van der Waals surface area contributed by atoms with Crippen LogP contribution in [-0.2, 0) is 19.2 Å². The second-order valence-corrected chi connectivity index (χ2v) is 5.09. The number of ether oxygens (including phenoxy) is 1. The molecule has 0 aromatic heterocycles. The Bertz CT molecular complexity index is 351. The third-order valence-electron chi connectivity index (χ3n) is 2.18. The van der Waals surface area contributed by atoms with Gasteiger partial charge in [-0.2, -0.15) is 0 Å². The Kier molecular flexibility index (Phi) is 6.23. The van der Waals surface area contributed by atoms with Gasteiger partial charge in [0.25, 0.3) is 6.29 Å². The van der Waals surface area contributed by atoms with Crippen molar-refractivity contribution in [1.29, 1.82) is 0 Å². The van der Waals surface area contributed by atoms with E-state index in [0.29, 0.717) is 0 Å². The Morgan fingerprint density at radius 3 is 2.21 bits per heavy atom. The molecule has 0 heterocycles. The van der Waals surface area contributed by atoms with E-state index in [0.717, 1.165) is 5.01 Å². The highest BCUT2D eigenvalue weighted by molar-refractivity contribution is 5.75. The van der Waals surface area contributed by atoms with Crippen molar-refractivity contribution in [1.82, 2.24) is 5.01 Å². The van der Waals surface area contributed by atoms with Crippen LogP contribution >= 0.6 is 0 Å². The molecule has 19 heavy (non-hydrogen) atoms. The monoisotopic (exact) mass is 275 g/mol. The fraction of sp³-hybridized carbons (Fsp3) is 0.818. The van der Waals surface area contributed by atoms with Gasteiger partial charge in [0.2, 0.25) is 0 Å². The maximum atomic E-state index is 11.5. The van der Waals surface area contributed by atoms with Crippen molar-refractivity contribution >= 4 is 11.9 Å². The molecule has 0 bridgehead atoms. The van der Waals surface area contributed by atoms with Crippen LogP contribution in [0, 0.1) is 5.41 Å². The number of hydrogen-bond donors (Lipinski definition) is 1. The van der Waals surface area contributed by atoms with Crippen LogP contribution in [-0.4, -0.2) is 41.4 Å². The summed E-state index contributed by atoms with van der Waals surface area (Å²) in [6.07, 6.45) is -0.899. The van der Waals surface area contributed by atoms with Crippen molar-refractivity contribution in [2.75, 3.05) is 7.05 Å². The molecule has 0 saturated carbocycles. The van der Waals surface area contributed by atoms with Gasteiger partial charge in [-0.3, -0.25) is 9.80 Å². The zero-order valence-electron chi connectivity index (χ0n) is 12.1. The first-order valence-corrected chi connectivity index (χ1v) is 5.79. The average molecular weight is 275 g/mol. The number of aliphatic carboxylic acids is 1. The normalized spacial score (nSPS) is 14.8. The number of hydrogen-bond acceptors (Lipinski definition) is 6. The molecule has 0 rings (SSSR count). The highest BCUT2D eigenvalue weighted by Crippen LogP contribution is 2.16. The molecule has 0 aliphatic heterocycles. The molecule has 0 aliphatic rings. The molecule has 1 unspecified atom stereocenters. The number of carboxylic acid groups (broad SMARTS) is 1. The van der Waals surface area contributed by atoms with Crippen LogP contribution in [0.1, 0.15) is 34.6 Å². The molecular formula is C11H21N3O5. The molecule has 1 N–H and O–H groups in total. The van der Waals surface area contributed by atoms with Crippen LogP contribution in [0.3, 0.4) is 0 Å². The Labute approximate surface area is 112 Å². The molecular weight excluding hydrogens is 254 g/mol. The van der Waals surface area contributed by atoms with Gasteiger partial charge in [-0.1, -0.05) is 0 Å². The van der Waals surface area contributed by atoms with Crippen LogP contribution in [0.4, 0.5) is 0 Å². The number of carbonyl (C=O) groups is 2. The summed E-state index contributed by atoms with van der Waals surface area (Å²) in [5.74, 6) is -1.46. The topological polar surface area (TPSA) is 101 Å². The minimum atomic E-state index is -1.03. The smallest absolute Gasteiger partial charge is 0.327 e. The van der Waals surface area contributed by atoms with Crippen molar-refractivity contribution in [3.8, 4) is 0 Å². The van der Waals surface area contributed by atoms with Gasteiger partial charge in [-0.15, -0.1) is 0 Å². The Balaban J connectivity index is 4.20. The van der Waals surface area contributed by atoms with Crippen LogP contribution in [0.5, 0.6) is 0 Å². The third kappa shape index (κ3) is 6.58. The summed E-state index contributed by atoms with van der Waals surface area (Å²) in [4.78, 5) is 26.9. The predicted octanol–water partition coefficient (Wildman–Crippen LogP) is 1.63. The fourth-order valence-electron chi connectivity index (χ4n) is 0.731. The molecule has 0 aromatic carbocycles. The molecule has 8 heteroatoms. The summed E-state index contributed by atoms with van der Waals surface area (Å²) in [6, 6.07) is -0.834. The molecule has 110 valence electrons. The second kappa shape index (κ2) is 6.91. The van der Waals surface area contributed by atoms with Crippen LogP contribution in [0.2, 0.25) is 0 Å². The van der Waals surface area contributed by atoms with Crippen molar-refractivity contribution < 1.29 is 24.3 Å². The van der Waals surface area contributed by atoms with Gasteiger partial charge in [-0.05, 0) is 32.9 Å². The van der Waals surface area contributed by atoms with E-state index in [2.05, 4.69) is 10.5 Å². The lowest BCUT2D eigenvalue weighted by Gasteiger charge is -2.19. The lowest BCUT2D eigenvalue weighted by atomic mass is 9.97. The number of nitrogens with zero attached hydrogens (tertiary/aromatic N) is 3. The molecule has 0 amide bonds. The highest BCUT2D eigenvalue weighted by atomic mass is 16.8. The van der Waals surface area contributed by atoms with Crippen molar-refractivity contribution in [2.24, 2.45) is 15.9 Å². The first-order chi connectivity index (χ1) is 8.55. The fourth-order valence-corrected chi connectivity index (χ4v) is 0.731. The molecule has 0 aromatic rings. The summed E-state index contributed by atoms with van der Waals surface area (Å²) >= 11 is 0. The Hall–Kier alpha value is -1.86. The highest BCUT2D eigenvalue weighted by Gasteiger charge is 2.25. The summed E-state index contributed by atoms with van der Waals surface area (Å²) in [5.41, 5.74) is -0.636. The third-order valence-corrected chi connectivity index (χ3v) is 2.18. The zero-order chi connectivity index (χ0) is 15.2. The minimum Gasteiger partial charge on any atom is -0.480 e. The minimum absolute atomic E-state index is 0.428. The van der Waals surface area contributed by atoms with Gasteiger partial charge >= 0.3 is 11.9 Å². The Morgan fingerprint density at radius 1 is 1.26 bits per heavy atom. The van der Waals surface area contributed by atoms with Gasteiger partial charge in [0.1, 0.15) is 6.04 Å².